The lowest BCUT2D eigenvalue weighted by atomic mass is 10.2. The van der Waals surface area contributed by atoms with Gasteiger partial charge in [0.1, 0.15) is 0 Å². The Labute approximate surface area is 114 Å². The number of hydrogen-bond donors (Lipinski definition) is 1. The van der Waals surface area contributed by atoms with Crippen molar-refractivity contribution in [2.45, 2.75) is 40.0 Å². The van der Waals surface area contributed by atoms with Crippen molar-refractivity contribution >= 4 is 0 Å². The Morgan fingerprint density at radius 3 is 2.22 bits per heavy atom. The molecular weight excluding hydrogens is 222 g/mol. The summed E-state index contributed by atoms with van der Waals surface area (Å²) in [6.07, 6.45) is 4.08. The summed E-state index contributed by atoms with van der Waals surface area (Å²) in [6, 6.07) is 0. The second-order valence-electron chi connectivity index (χ2n) is 5.95. The first-order valence-corrected chi connectivity index (χ1v) is 7.87. The van der Waals surface area contributed by atoms with Crippen LogP contribution < -0.4 is 5.32 Å². The zero-order valence-corrected chi connectivity index (χ0v) is 12.7. The van der Waals surface area contributed by atoms with E-state index in [0.29, 0.717) is 0 Å². The molecule has 0 atom stereocenters. The van der Waals surface area contributed by atoms with Crippen LogP contribution in [-0.2, 0) is 0 Å². The van der Waals surface area contributed by atoms with E-state index in [2.05, 4.69) is 35.9 Å². The summed E-state index contributed by atoms with van der Waals surface area (Å²) in [4.78, 5) is 5.26. The minimum absolute atomic E-state index is 0.808. The van der Waals surface area contributed by atoms with Crippen molar-refractivity contribution in [1.82, 2.24) is 15.1 Å². The highest BCUT2D eigenvalue weighted by molar-refractivity contribution is 4.72. The molecule has 108 valence electrons. The molecule has 0 saturated carbocycles. The van der Waals surface area contributed by atoms with Crippen LogP contribution in [-0.4, -0.2) is 62.2 Å². The van der Waals surface area contributed by atoms with E-state index in [1.54, 1.807) is 0 Å². The number of nitrogens with one attached hydrogen (secondary N) is 1. The van der Waals surface area contributed by atoms with Gasteiger partial charge in [-0.1, -0.05) is 27.2 Å². The predicted molar refractivity (Wildman–Crippen MR) is 80.1 cm³/mol. The van der Waals surface area contributed by atoms with Crippen molar-refractivity contribution in [3.63, 3.8) is 0 Å². The molecule has 1 fully saturated rings. The van der Waals surface area contributed by atoms with Crippen LogP contribution in [0, 0.1) is 5.92 Å². The summed E-state index contributed by atoms with van der Waals surface area (Å²) in [7, 11) is 0. The summed E-state index contributed by atoms with van der Waals surface area (Å²) in [6.45, 7) is 16.8. The van der Waals surface area contributed by atoms with Crippen LogP contribution in [0.3, 0.4) is 0 Å². The van der Waals surface area contributed by atoms with Gasteiger partial charge in [0.05, 0.1) is 0 Å². The lowest BCUT2D eigenvalue weighted by molar-refractivity contribution is 0.121. The van der Waals surface area contributed by atoms with Crippen molar-refractivity contribution in [3.05, 3.63) is 0 Å². The maximum Gasteiger partial charge on any atom is 0.0110 e. The average Bonchev–Trinajstić information content (AvgIpc) is 2.35. The first kappa shape index (κ1) is 15.9. The molecule has 1 heterocycles. The first-order valence-electron chi connectivity index (χ1n) is 7.87. The third kappa shape index (κ3) is 7.34. The fourth-order valence-corrected chi connectivity index (χ4v) is 2.65. The molecule has 18 heavy (non-hydrogen) atoms. The van der Waals surface area contributed by atoms with Gasteiger partial charge in [0, 0.05) is 32.7 Å². The second kappa shape index (κ2) is 9.76. The third-order valence-electron chi connectivity index (χ3n) is 3.67. The summed E-state index contributed by atoms with van der Waals surface area (Å²) in [5.41, 5.74) is 0. The van der Waals surface area contributed by atoms with Crippen LogP contribution in [0.5, 0.6) is 0 Å². The minimum atomic E-state index is 0.808. The van der Waals surface area contributed by atoms with E-state index >= 15 is 0 Å². The van der Waals surface area contributed by atoms with Gasteiger partial charge in [-0.2, -0.15) is 0 Å². The Morgan fingerprint density at radius 1 is 0.944 bits per heavy atom. The fourth-order valence-electron chi connectivity index (χ4n) is 2.65. The predicted octanol–water partition coefficient (Wildman–Crippen LogP) is 2.04. The van der Waals surface area contributed by atoms with Crippen molar-refractivity contribution < 1.29 is 0 Å². The average molecular weight is 255 g/mol. The first-order chi connectivity index (χ1) is 8.72. The largest absolute Gasteiger partial charge is 0.317 e. The quantitative estimate of drug-likeness (QED) is 0.636. The lowest BCUT2D eigenvalue weighted by Crippen LogP contribution is -2.47. The number of unbranched alkanes of at least 4 members (excludes halogenated alkanes) is 2. The monoisotopic (exact) mass is 255 g/mol. The molecule has 1 rings (SSSR count). The van der Waals surface area contributed by atoms with E-state index in [1.165, 1.54) is 65.1 Å². The Bertz CT molecular complexity index is 186. The maximum atomic E-state index is 3.39. The maximum absolute atomic E-state index is 3.39. The summed E-state index contributed by atoms with van der Waals surface area (Å²) in [5.74, 6) is 0.808. The second-order valence-corrected chi connectivity index (χ2v) is 5.95. The molecule has 3 heteroatoms. The van der Waals surface area contributed by atoms with Crippen LogP contribution in [0.4, 0.5) is 0 Å². The Balaban J connectivity index is 1.95. The highest BCUT2D eigenvalue weighted by atomic mass is 15.3. The highest BCUT2D eigenvalue weighted by Gasteiger charge is 2.16. The van der Waals surface area contributed by atoms with Crippen molar-refractivity contribution in [2.75, 3.05) is 52.4 Å². The molecule has 0 aromatic heterocycles. The minimum Gasteiger partial charge on any atom is -0.317 e. The summed E-state index contributed by atoms with van der Waals surface area (Å²) < 4.78 is 0. The van der Waals surface area contributed by atoms with Crippen LogP contribution in [0.25, 0.3) is 0 Å². The van der Waals surface area contributed by atoms with Crippen LogP contribution in [0.15, 0.2) is 0 Å². The number of hydrogen-bond acceptors (Lipinski definition) is 3. The van der Waals surface area contributed by atoms with E-state index in [1.807, 2.05) is 0 Å². The van der Waals surface area contributed by atoms with Crippen LogP contribution in [0.1, 0.15) is 40.0 Å². The molecule has 1 saturated heterocycles. The summed E-state index contributed by atoms with van der Waals surface area (Å²) >= 11 is 0. The Hall–Kier alpha value is -0.120. The molecular formula is C15H33N3. The van der Waals surface area contributed by atoms with Gasteiger partial charge in [-0.25, -0.2) is 0 Å². The van der Waals surface area contributed by atoms with Gasteiger partial charge in [0.15, 0.2) is 0 Å². The number of piperazine rings is 1. The number of rotatable bonds is 9. The molecule has 1 aliphatic rings. The molecule has 0 amide bonds. The van der Waals surface area contributed by atoms with Gasteiger partial charge in [-0.15, -0.1) is 0 Å². The van der Waals surface area contributed by atoms with E-state index in [-0.39, 0.29) is 0 Å². The highest BCUT2D eigenvalue weighted by Crippen LogP contribution is 2.06. The molecule has 0 spiro atoms. The number of nitrogens with zero attached hydrogens (tertiary/aromatic N) is 2. The SMILES string of the molecule is CCNCCCCCN1CCN(CC(C)C)CC1. The topological polar surface area (TPSA) is 18.5 Å². The van der Waals surface area contributed by atoms with E-state index < -0.39 is 0 Å². The van der Waals surface area contributed by atoms with Gasteiger partial charge in [0.2, 0.25) is 0 Å². The van der Waals surface area contributed by atoms with Crippen LogP contribution in [0.2, 0.25) is 0 Å². The van der Waals surface area contributed by atoms with Crippen LogP contribution >= 0.6 is 0 Å². The standard InChI is InChI=1S/C15H33N3/c1-4-16-8-6-5-7-9-17-10-12-18(13-11-17)14-15(2)3/h15-16H,4-14H2,1-3H3. The molecule has 0 unspecified atom stereocenters. The molecule has 1 N–H and O–H groups in total. The van der Waals surface area contributed by atoms with E-state index in [9.17, 15) is 0 Å². The molecule has 0 aromatic carbocycles. The molecule has 0 aliphatic carbocycles. The van der Waals surface area contributed by atoms with Gasteiger partial charge >= 0.3 is 0 Å². The lowest BCUT2D eigenvalue weighted by Gasteiger charge is -2.35. The Morgan fingerprint density at radius 2 is 1.61 bits per heavy atom. The van der Waals surface area contributed by atoms with Gasteiger partial charge in [0.25, 0.3) is 0 Å². The van der Waals surface area contributed by atoms with Crippen molar-refractivity contribution in [2.24, 2.45) is 5.92 Å². The zero-order chi connectivity index (χ0) is 13.2. The zero-order valence-electron chi connectivity index (χ0n) is 12.7. The van der Waals surface area contributed by atoms with Crippen molar-refractivity contribution in [3.8, 4) is 0 Å². The van der Waals surface area contributed by atoms with E-state index in [0.717, 1.165) is 12.5 Å². The van der Waals surface area contributed by atoms with Gasteiger partial charge in [-0.3, -0.25) is 0 Å². The summed E-state index contributed by atoms with van der Waals surface area (Å²) in [5, 5.41) is 3.39. The third-order valence-corrected chi connectivity index (χ3v) is 3.67. The fraction of sp³-hybridized carbons (Fsp3) is 1.00. The molecule has 0 radical (unpaired) electrons. The van der Waals surface area contributed by atoms with E-state index in [4.69, 9.17) is 0 Å². The molecule has 3 nitrogen and oxygen atoms in total. The molecule has 0 aromatic rings. The molecule has 0 bridgehead atoms. The Kier molecular flexibility index (Phi) is 8.64. The molecule has 1 aliphatic heterocycles. The van der Waals surface area contributed by atoms with Crippen molar-refractivity contribution in [1.29, 1.82) is 0 Å². The van der Waals surface area contributed by atoms with Gasteiger partial charge in [-0.05, 0) is 38.4 Å². The van der Waals surface area contributed by atoms with Gasteiger partial charge < -0.3 is 15.1 Å². The smallest absolute Gasteiger partial charge is 0.0110 e. The normalized spacial score (nSPS) is 18.7.